The topological polar surface area (TPSA) is 221 Å². The first-order valence-electron chi connectivity index (χ1n) is 0.565. The normalized spacial score (nSPS) is 2.40. The predicted molar refractivity (Wildman–Crippen MR) is 35.4 cm³/mol. The molecule has 0 bridgehead atoms. The summed E-state index contributed by atoms with van der Waals surface area (Å²) in [6, 6.07) is 0. The Morgan fingerprint density at radius 2 is 1.00 bits per heavy atom. The van der Waals surface area contributed by atoms with Crippen LogP contribution in [-0.4, -0.2) is 65.0 Å². The Morgan fingerprint density at radius 1 is 1.00 bits per heavy atom. The molecule has 9 nitrogen and oxygen atoms in total. The second-order valence-corrected chi connectivity index (χ2v) is 0.238. The first-order chi connectivity index (χ1) is 1.73. The van der Waals surface area contributed by atoms with Gasteiger partial charge in [-0.25, -0.2) is 0 Å². The molecule has 0 fully saturated rings. The van der Waals surface area contributed by atoms with Crippen molar-refractivity contribution in [1.29, 1.82) is 0 Å². The van der Waals surface area contributed by atoms with Crippen molar-refractivity contribution in [3.05, 3.63) is 10.1 Å². The molecule has 0 aliphatic carbocycles. The third-order valence-corrected chi connectivity index (χ3v) is 0. The summed E-state index contributed by atoms with van der Waals surface area (Å²) in [4.78, 5) is 8.36. The van der Waals surface area contributed by atoms with E-state index in [1.54, 1.807) is 0 Å². The van der Waals surface area contributed by atoms with Crippen LogP contribution in [0.3, 0.4) is 0 Å². The molecule has 0 rings (SSSR count). The summed E-state index contributed by atoms with van der Waals surface area (Å²) in [6.07, 6.45) is 0. The molecule has 0 amide bonds. The zero-order chi connectivity index (χ0) is 3.58. The van der Waals surface area contributed by atoms with Crippen LogP contribution in [0.15, 0.2) is 0 Å². The molecule has 0 aromatic heterocycles. The number of hydrogen-bond acceptors (Lipinski definition) is 2. The Kier molecular flexibility index (Phi) is 607. The van der Waals surface area contributed by atoms with Crippen molar-refractivity contribution in [2.75, 3.05) is 0 Å². The molecule has 0 atom stereocenters. The molecule has 11 N–H and O–H groups in total. The van der Waals surface area contributed by atoms with Gasteiger partial charge in [0.15, 0.2) is 0 Å². The van der Waals surface area contributed by atoms with Gasteiger partial charge in [0.25, 0.3) is 5.09 Å². The maximum atomic E-state index is 8.36. The van der Waals surface area contributed by atoms with Gasteiger partial charge >= 0.3 is 27.3 Å². The van der Waals surface area contributed by atoms with Crippen LogP contribution in [0.4, 0.5) is 0 Å². The molecule has 0 unspecified atom stereocenters. The second kappa shape index (κ2) is 65.6. The van der Waals surface area contributed by atoms with Gasteiger partial charge in [0.1, 0.15) is 0 Å². The van der Waals surface area contributed by atoms with E-state index in [9.17, 15) is 0 Å². The van der Waals surface area contributed by atoms with E-state index in [1.807, 2.05) is 0 Å². The van der Waals surface area contributed by atoms with Gasteiger partial charge in [0.2, 0.25) is 0 Å². The molecule has 0 heterocycles. The van der Waals surface area contributed by atoms with Crippen molar-refractivity contribution < 1.29 is 37.7 Å². The third-order valence-electron chi connectivity index (χ3n) is 0. The minimum atomic E-state index is -1.50. The van der Waals surface area contributed by atoms with Gasteiger partial charge in [0, 0.05) is 0 Å². The van der Waals surface area contributed by atoms with Crippen molar-refractivity contribution in [2.45, 2.75) is 0 Å². The standard InChI is InChI=1S/HNO3.5H2O.Pb.2H/c2-1(3)4;;;;;;;;/h(H,2,3,4);5*1H2;;;. The van der Waals surface area contributed by atoms with Crippen molar-refractivity contribution in [2.24, 2.45) is 0 Å². The quantitative estimate of drug-likeness (QED) is 0.253. The third kappa shape index (κ3) is 62500. The van der Waals surface area contributed by atoms with E-state index in [0.717, 1.165) is 0 Å². The van der Waals surface area contributed by atoms with Crippen molar-refractivity contribution in [1.82, 2.24) is 0 Å². The Labute approximate surface area is 75.5 Å². The first kappa shape index (κ1) is 92.5. The summed E-state index contributed by atoms with van der Waals surface area (Å²) in [7, 11) is 0. The fourth-order valence-corrected chi connectivity index (χ4v) is 0. The molecule has 70 valence electrons. The van der Waals surface area contributed by atoms with Crippen LogP contribution in [0.5, 0.6) is 0 Å². The zero-order valence-electron chi connectivity index (χ0n) is 4.92. The molecule has 0 spiro atoms. The van der Waals surface area contributed by atoms with Crippen molar-refractivity contribution in [3.8, 4) is 0 Å². The Morgan fingerprint density at radius 3 is 1.00 bits per heavy atom. The molecule has 2 radical (unpaired) electrons. The molecular formula is H13NO8Pb. The van der Waals surface area contributed by atoms with Crippen LogP contribution < -0.4 is 0 Å². The second-order valence-electron chi connectivity index (χ2n) is 0.238. The molecule has 10 heavy (non-hydrogen) atoms. The van der Waals surface area contributed by atoms with Crippen LogP contribution in [0.25, 0.3) is 0 Å². The van der Waals surface area contributed by atoms with E-state index in [2.05, 4.69) is 0 Å². The van der Waals surface area contributed by atoms with Crippen LogP contribution in [-0.2, 0) is 0 Å². The van der Waals surface area contributed by atoms with E-state index >= 15 is 0 Å². The molecule has 0 aromatic rings. The Hall–Kier alpha value is -0.0779. The number of rotatable bonds is 0. The van der Waals surface area contributed by atoms with E-state index < -0.39 is 5.09 Å². The predicted octanol–water partition coefficient (Wildman–Crippen LogP) is -5.39. The Balaban J connectivity index is -0.00000000300. The van der Waals surface area contributed by atoms with Crippen molar-refractivity contribution >= 4 is 27.3 Å². The van der Waals surface area contributed by atoms with Gasteiger partial charge in [-0.2, -0.15) is 0 Å². The van der Waals surface area contributed by atoms with Gasteiger partial charge in [-0.3, -0.25) is 0 Å². The summed E-state index contributed by atoms with van der Waals surface area (Å²) in [5.74, 6) is 0. The van der Waals surface area contributed by atoms with Crippen LogP contribution in [0.2, 0.25) is 0 Å². The average Bonchev–Trinajstić information content (AvgIpc) is 0.811. The summed E-state index contributed by atoms with van der Waals surface area (Å²) >= 11 is 0. The van der Waals surface area contributed by atoms with Crippen molar-refractivity contribution in [3.63, 3.8) is 0 Å². The molecule has 0 aliphatic heterocycles. The van der Waals surface area contributed by atoms with Crippen LogP contribution in [0, 0.1) is 10.1 Å². The Bertz CT molecular complexity index is 32.2. The monoisotopic (exact) mass is 363 g/mol. The summed E-state index contributed by atoms with van der Waals surface area (Å²) in [5, 5.41) is 13.6. The summed E-state index contributed by atoms with van der Waals surface area (Å²) in [5.41, 5.74) is 0. The molecular weight excluding hydrogens is 349 g/mol. The number of hydrogen-bond donors (Lipinski definition) is 1. The minimum absolute atomic E-state index is 0. The zero-order valence-corrected chi connectivity index (χ0v) is 10.4. The fraction of sp³-hybridized carbons (Fsp3) is 0. The SMILES string of the molecule is O.O.O.O.O.O=[N+]([O-])O.[PbH2]. The molecule has 0 aliphatic rings. The molecule has 10 heteroatoms. The van der Waals surface area contributed by atoms with Crippen LogP contribution in [0.1, 0.15) is 0 Å². The van der Waals surface area contributed by atoms with Gasteiger partial charge in [-0.15, -0.1) is 10.1 Å². The molecule has 0 saturated heterocycles. The van der Waals surface area contributed by atoms with E-state index in [4.69, 9.17) is 15.3 Å². The van der Waals surface area contributed by atoms with Gasteiger partial charge in [-0.05, 0) is 0 Å². The molecule has 0 aromatic carbocycles. The maximum absolute atomic E-state index is 8.36. The van der Waals surface area contributed by atoms with E-state index in [-0.39, 0.29) is 54.7 Å². The summed E-state index contributed by atoms with van der Waals surface area (Å²) < 4.78 is 0. The van der Waals surface area contributed by atoms with Gasteiger partial charge < -0.3 is 32.6 Å². The van der Waals surface area contributed by atoms with E-state index in [1.165, 1.54) is 0 Å². The van der Waals surface area contributed by atoms with E-state index in [0.29, 0.717) is 0 Å². The fourth-order valence-electron chi connectivity index (χ4n) is 0. The van der Waals surface area contributed by atoms with Gasteiger partial charge in [0.05, 0.1) is 0 Å². The van der Waals surface area contributed by atoms with Crippen LogP contribution >= 0.6 is 0 Å². The first-order valence-corrected chi connectivity index (χ1v) is 0.565. The molecule has 0 saturated carbocycles. The summed E-state index contributed by atoms with van der Waals surface area (Å²) in [6.45, 7) is 0. The average molecular weight is 362 g/mol. The van der Waals surface area contributed by atoms with Gasteiger partial charge in [-0.1, -0.05) is 0 Å². The number of nitrogens with zero attached hydrogens (tertiary/aromatic N) is 1.